The molecule has 86 valence electrons. The molecule has 0 aromatic carbocycles. The van der Waals surface area contributed by atoms with E-state index in [1.54, 1.807) is 13.0 Å². The Bertz CT molecular complexity index is 373. The van der Waals surface area contributed by atoms with Crippen molar-refractivity contribution in [2.45, 2.75) is 20.3 Å². The van der Waals surface area contributed by atoms with Gasteiger partial charge in [-0.05, 0) is 18.9 Å². The molecule has 0 atom stereocenters. The number of hydrogen-bond acceptors (Lipinski definition) is 2. The average Bonchev–Trinajstić information content (AvgIpc) is 2.27. The van der Waals surface area contributed by atoms with Gasteiger partial charge in [-0.25, -0.2) is 4.79 Å². The SMILES string of the molecule is C=CC=NC(/C(=C\C)C(=O)O)=C(/C=C)CC. The number of carbonyl (C=O) groups is 1. The second-order valence-electron chi connectivity index (χ2n) is 2.95. The van der Waals surface area contributed by atoms with Crippen LogP contribution in [-0.2, 0) is 4.79 Å². The van der Waals surface area contributed by atoms with Gasteiger partial charge in [-0.3, -0.25) is 4.99 Å². The summed E-state index contributed by atoms with van der Waals surface area (Å²) in [6, 6.07) is 0. The molecule has 0 unspecified atom stereocenters. The van der Waals surface area contributed by atoms with Gasteiger partial charge in [-0.15, -0.1) is 0 Å². The third kappa shape index (κ3) is 3.69. The quantitative estimate of drug-likeness (QED) is 0.424. The molecule has 0 spiro atoms. The van der Waals surface area contributed by atoms with Crippen molar-refractivity contribution in [3.63, 3.8) is 0 Å². The Morgan fingerprint density at radius 2 is 2.06 bits per heavy atom. The number of aliphatic imine (C=N–C) groups is 1. The van der Waals surface area contributed by atoms with Crippen molar-refractivity contribution in [1.82, 2.24) is 0 Å². The van der Waals surface area contributed by atoms with Crippen molar-refractivity contribution in [1.29, 1.82) is 0 Å². The summed E-state index contributed by atoms with van der Waals surface area (Å²) in [6.45, 7) is 10.8. The number of nitrogens with zero attached hydrogens (tertiary/aromatic N) is 1. The van der Waals surface area contributed by atoms with Gasteiger partial charge in [0.2, 0.25) is 0 Å². The highest BCUT2D eigenvalue weighted by Crippen LogP contribution is 2.20. The highest BCUT2D eigenvalue weighted by molar-refractivity contribution is 5.93. The monoisotopic (exact) mass is 219 g/mol. The Morgan fingerprint density at radius 1 is 1.44 bits per heavy atom. The van der Waals surface area contributed by atoms with E-state index in [0.29, 0.717) is 12.1 Å². The summed E-state index contributed by atoms with van der Waals surface area (Å²) in [5.41, 5.74) is 1.41. The molecule has 16 heavy (non-hydrogen) atoms. The number of carboxylic acids is 1. The van der Waals surface area contributed by atoms with Crippen molar-refractivity contribution < 1.29 is 9.90 Å². The summed E-state index contributed by atoms with van der Waals surface area (Å²) >= 11 is 0. The van der Waals surface area contributed by atoms with Crippen molar-refractivity contribution in [2.24, 2.45) is 4.99 Å². The minimum atomic E-state index is -0.994. The number of aliphatic carboxylic acids is 1. The van der Waals surface area contributed by atoms with Crippen LogP contribution >= 0.6 is 0 Å². The van der Waals surface area contributed by atoms with Crippen LogP contribution in [0.2, 0.25) is 0 Å². The van der Waals surface area contributed by atoms with Crippen molar-refractivity contribution in [2.75, 3.05) is 0 Å². The predicted octanol–water partition coefficient (Wildman–Crippen LogP) is 3.12. The topological polar surface area (TPSA) is 49.7 Å². The van der Waals surface area contributed by atoms with E-state index < -0.39 is 5.97 Å². The van der Waals surface area contributed by atoms with Crippen LogP contribution in [0.25, 0.3) is 0 Å². The van der Waals surface area contributed by atoms with Gasteiger partial charge in [0.05, 0.1) is 11.3 Å². The Kier molecular flexibility index (Phi) is 6.52. The zero-order valence-corrected chi connectivity index (χ0v) is 9.73. The van der Waals surface area contributed by atoms with Gasteiger partial charge in [-0.2, -0.15) is 0 Å². The van der Waals surface area contributed by atoms with Crippen LogP contribution in [0.1, 0.15) is 20.3 Å². The molecule has 0 aliphatic heterocycles. The third-order valence-corrected chi connectivity index (χ3v) is 2.01. The fourth-order valence-corrected chi connectivity index (χ4v) is 1.22. The number of rotatable bonds is 6. The van der Waals surface area contributed by atoms with Gasteiger partial charge < -0.3 is 5.11 Å². The molecule has 0 fully saturated rings. The summed E-state index contributed by atoms with van der Waals surface area (Å²) in [6.07, 6.45) is 6.81. The summed E-state index contributed by atoms with van der Waals surface area (Å²) in [7, 11) is 0. The first-order chi connectivity index (χ1) is 7.62. The molecule has 0 saturated carbocycles. The standard InChI is InChI=1S/C13H17NO2/c1-5-9-14-12(10(6-2)7-3)11(8-4)13(15)16/h5-6,8-9H,1-2,7H2,3-4H3,(H,15,16)/b11-8+,12-10-,14-9?. The van der Waals surface area contributed by atoms with Gasteiger partial charge in [-0.1, -0.05) is 38.3 Å². The highest BCUT2D eigenvalue weighted by atomic mass is 16.4. The Labute approximate surface area is 96.2 Å². The van der Waals surface area contributed by atoms with Gasteiger partial charge in [0.1, 0.15) is 0 Å². The van der Waals surface area contributed by atoms with E-state index in [-0.39, 0.29) is 5.57 Å². The number of allylic oxidation sites excluding steroid dienone is 4. The first kappa shape index (κ1) is 14.1. The van der Waals surface area contributed by atoms with E-state index in [0.717, 1.165) is 5.57 Å². The first-order valence-electron chi connectivity index (χ1n) is 5.02. The molecule has 3 nitrogen and oxygen atoms in total. The molecule has 0 aliphatic carbocycles. The van der Waals surface area contributed by atoms with E-state index in [9.17, 15) is 4.79 Å². The van der Waals surface area contributed by atoms with Crippen LogP contribution in [0.5, 0.6) is 0 Å². The molecule has 0 saturated heterocycles. The largest absolute Gasteiger partial charge is 0.478 e. The zero-order valence-electron chi connectivity index (χ0n) is 9.73. The average molecular weight is 219 g/mol. The molecule has 0 aromatic rings. The molecule has 1 N–H and O–H groups in total. The van der Waals surface area contributed by atoms with Crippen LogP contribution in [0.3, 0.4) is 0 Å². The molecule has 0 amide bonds. The van der Waals surface area contributed by atoms with Crippen LogP contribution in [0, 0.1) is 0 Å². The summed E-state index contributed by atoms with van der Waals surface area (Å²) in [5.74, 6) is -0.994. The van der Waals surface area contributed by atoms with Crippen LogP contribution in [0.4, 0.5) is 0 Å². The lowest BCUT2D eigenvalue weighted by Gasteiger charge is -2.07. The molecular formula is C13H17NO2. The van der Waals surface area contributed by atoms with Gasteiger partial charge >= 0.3 is 5.97 Å². The summed E-state index contributed by atoms with van der Waals surface area (Å²) in [4.78, 5) is 15.1. The van der Waals surface area contributed by atoms with E-state index in [2.05, 4.69) is 18.2 Å². The maximum atomic E-state index is 11.0. The van der Waals surface area contributed by atoms with Crippen LogP contribution in [0.15, 0.2) is 53.2 Å². The lowest BCUT2D eigenvalue weighted by molar-refractivity contribution is -0.132. The number of carboxylic acid groups (broad SMARTS) is 1. The molecule has 0 aliphatic rings. The number of hydrogen-bond donors (Lipinski definition) is 1. The van der Waals surface area contributed by atoms with Crippen molar-refractivity contribution in [3.05, 3.63) is 48.2 Å². The van der Waals surface area contributed by atoms with Gasteiger partial charge in [0.15, 0.2) is 0 Å². The van der Waals surface area contributed by atoms with E-state index >= 15 is 0 Å². The van der Waals surface area contributed by atoms with Crippen LogP contribution in [-0.4, -0.2) is 17.3 Å². The predicted molar refractivity (Wildman–Crippen MR) is 67.6 cm³/mol. The molecular weight excluding hydrogens is 202 g/mol. The third-order valence-electron chi connectivity index (χ3n) is 2.01. The van der Waals surface area contributed by atoms with E-state index in [4.69, 9.17) is 5.11 Å². The Balaban J connectivity index is 5.65. The normalized spacial score (nSPS) is 13.5. The highest BCUT2D eigenvalue weighted by Gasteiger charge is 2.13. The minimum absolute atomic E-state index is 0.176. The Hall–Kier alpha value is -1.90. The van der Waals surface area contributed by atoms with E-state index in [1.807, 2.05) is 6.92 Å². The smallest absolute Gasteiger partial charge is 0.337 e. The molecule has 0 rings (SSSR count). The zero-order chi connectivity index (χ0) is 12.6. The molecule has 0 heterocycles. The van der Waals surface area contributed by atoms with E-state index in [1.165, 1.54) is 18.4 Å². The second-order valence-corrected chi connectivity index (χ2v) is 2.95. The van der Waals surface area contributed by atoms with Crippen molar-refractivity contribution in [3.8, 4) is 0 Å². The first-order valence-corrected chi connectivity index (χ1v) is 5.02. The minimum Gasteiger partial charge on any atom is -0.478 e. The Morgan fingerprint density at radius 3 is 2.38 bits per heavy atom. The molecule has 3 heteroatoms. The second kappa shape index (κ2) is 7.40. The van der Waals surface area contributed by atoms with Crippen molar-refractivity contribution >= 4 is 12.2 Å². The lowest BCUT2D eigenvalue weighted by atomic mass is 10.0. The molecule has 0 bridgehead atoms. The fraction of sp³-hybridized carbons (Fsp3) is 0.231. The molecule has 0 radical (unpaired) electrons. The lowest BCUT2D eigenvalue weighted by Crippen LogP contribution is -2.04. The van der Waals surface area contributed by atoms with Gasteiger partial charge in [0.25, 0.3) is 0 Å². The summed E-state index contributed by atoms with van der Waals surface area (Å²) in [5, 5.41) is 9.05. The maximum absolute atomic E-state index is 11.0. The van der Waals surface area contributed by atoms with Crippen LogP contribution < -0.4 is 0 Å². The summed E-state index contributed by atoms with van der Waals surface area (Å²) < 4.78 is 0. The maximum Gasteiger partial charge on any atom is 0.337 e. The van der Waals surface area contributed by atoms with Gasteiger partial charge in [0, 0.05) is 6.21 Å². The fourth-order valence-electron chi connectivity index (χ4n) is 1.22. The molecule has 0 aromatic heterocycles.